The molecule has 8 nitrogen and oxygen atoms in total. The van der Waals surface area contributed by atoms with Crippen molar-refractivity contribution in [2.45, 2.75) is 37.6 Å². The zero-order valence-electron chi connectivity index (χ0n) is 19.3. The first-order valence-electron chi connectivity index (χ1n) is 11.4. The molecule has 2 heterocycles. The van der Waals surface area contributed by atoms with E-state index in [0.717, 1.165) is 24.8 Å². The number of aromatic nitrogens is 3. The Morgan fingerprint density at radius 3 is 2.37 bits per heavy atom. The topological polar surface area (TPSA) is 106 Å². The molecule has 0 radical (unpaired) electrons. The van der Waals surface area contributed by atoms with Crippen LogP contribution in [0.3, 0.4) is 0 Å². The number of fused-ring (bicyclic) bond motifs is 1. The maximum absolute atomic E-state index is 13.1. The number of nitrogens with zero attached hydrogens (tertiary/aromatic N) is 3. The molecule has 2 aromatic carbocycles. The number of nitrogens with one attached hydrogen (secondary N) is 1. The van der Waals surface area contributed by atoms with E-state index in [1.807, 2.05) is 16.7 Å². The number of benzene rings is 2. The highest BCUT2D eigenvalue weighted by atomic mass is 35.5. The molecule has 0 saturated carbocycles. The smallest absolute Gasteiger partial charge is 0.259 e. The van der Waals surface area contributed by atoms with Crippen LogP contribution in [-0.4, -0.2) is 40.6 Å². The summed E-state index contributed by atoms with van der Waals surface area (Å²) in [6.45, 7) is 2.43. The molecule has 35 heavy (non-hydrogen) atoms. The number of hydrogen-bond acceptors (Lipinski definition) is 5. The van der Waals surface area contributed by atoms with E-state index >= 15 is 0 Å². The third kappa shape index (κ3) is 5.48. The summed E-state index contributed by atoms with van der Waals surface area (Å²) in [6, 6.07) is 15.2. The van der Waals surface area contributed by atoms with Crippen LogP contribution >= 0.6 is 11.6 Å². The van der Waals surface area contributed by atoms with Gasteiger partial charge < -0.3 is 9.67 Å². The number of rotatable bonds is 10. The van der Waals surface area contributed by atoms with Crippen molar-refractivity contribution in [2.75, 3.05) is 13.2 Å². The van der Waals surface area contributed by atoms with Gasteiger partial charge in [0.25, 0.3) is 5.56 Å². The number of aryl methyl sites for hydroxylation is 1. The van der Waals surface area contributed by atoms with Crippen molar-refractivity contribution in [3.05, 3.63) is 76.2 Å². The molecule has 2 aromatic heterocycles. The number of halogens is 1. The van der Waals surface area contributed by atoms with Crippen LogP contribution < -0.4 is 10.3 Å². The van der Waals surface area contributed by atoms with Crippen molar-refractivity contribution in [3.8, 4) is 22.5 Å². The van der Waals surface area contributed by atoms with Crippen molar-refractivity contribution < 1.29 is 13.5 Å². The average molecular weight is 515 g/mol. The Kier molecular flexibility index (Phi) is 7.71. The Labute approximate surface area is 208 Å². The Morgan fingerprint density at radius 2 is 1.71 bits per heavy atom. The van der Waals surface area contributed by atoms with Gasteiger partial charge in [0.1, 0.15) is 0 Å². The van der Waals surface area contributed by atoms with E-state index in [1.54, 1.807) is 36.5 Å². The van der Waals surface area contributed by atoms with Crippen LogP contribution in [0.25, 0.3) is 28.3 Å². The summed E-state index contributed by atoms with van der Waals surface area (Å²) >= 11 is 6.02. The fourth-order valence-corrected chi connectivity index (χ4v) is 5.05. The minimum Gasteiger partial charge on any atom is -0.395 e. The molecule has 0 spiro atoms. The van der Waals surface area contributed by atoms with Gasteiger partial charge in [-0.1, -0.05) is 55.6 Å². The highest BCUT2D eigenvalue weighted by Gasteiger charge is 2.17. The van der Waals surface area contributed by atoms with E-state index in [2.05, 4.69) is 11.6 Å². The molecular weight excluding hydrogens is 488 g/mol. The lowest BCUT2D eigenvalue weighted by Gasteiger charge is -2.15. The molecule has 0 unspecified atom stereocenters. The second kappa shape index (κ2) is 10.7. The maximum atomic E-state index is 13.1. The Bertz CT molecular complexity index is 1480. The lowest BCUT2D eigenvalue weighted by molar-refractivity contribution is 0.301. The van der Waals surface area contributed by atoms with Gasteiger partial charge in [-0.25, -0.2) is 18.1 Å². The summed E-state index contributed by atoms with van der Waals surface area (Å²) in [7, 11) is -3.73. The first kappa shape index (κ1) is 25.1. The molecule has 4 aromatic rings. The summed E-state index contributed by atoms with van der Waals surface area (Å²) in [5.41, 5.74) is 2.66. The predicted molar refractivity (Wildman–Crippen MR) is 137 cm³/mol. The van der Waals surface area contributed by atoms with E-state index in [-0.39, 0.29) is 23.6 Å². The van der Waals surface area contributed by atoms with Crippen molar-refractivity contribution in [2.24, 2.45) is 0 Å². The minimum absolute atomic E-state index is 0.0619. The normalized spacial score (nSPS) is 11.9. The van der Waals surface area contributed by atoms with Gasteiger partial charge in [0.15, 0.2) is 0 Å². The van der Waals surface area contributed by atoms with Crippen LogP contribution in [0.5, 0.6) is 0 Å². The Hall–Kier alpha value is -2.98. The molecule has 0 saturated heterocycles. The van der Waals surface area contributed by atoms with Crippen LogP contribution in [0.4, 0.5) is 0 Å². The van der Waals surface area contributed by atoms with Crippen LogP contribution in [-0.2, 0) is 16.6 Å². The van der Waals surface area contributed by atoms with Gasteiger partial charge in [0.2, 0.25) is 15.8 Å². The van der Waals surface area contributed by atoms with Crippen molar-refractivity contribution in [1.82, 2.24) is 18.7 Å². The monoisotopic (exact) mass is 514 g/mol. The van der Waals surface area contributed by atoms with E-state index in [0.29, 0.717) is 34.3 Å². The molecule has 0 atom stereocenters. The standard InChI is InChI=1S/C25H27ClN4O4S/c1-2-3-4-14-29-23(19-7-11-21(12-8-19)35(33,34)27-13-15-31)16-24(32)30-17-22(28-25(29)30)18-5-9-20(26)10-6-18/h5-12,16-17,27,31H,2-4,13-15H2,1H3. The van der Waals surface area contributed by atoms with Gasteiger partial charge in [-0.2, -0.15) is 0 Å². The Morgan fingerprint density at radius 1 is 1.03 bits per heavy atom. The van der Waals surface area contributed by atoms with E-state index in [4.69, 9.17) is 21.7 Å². The molecular formula is C25H27ClN4O4S. The third-order valence-electron chi connectivity index (χ3n) is 5.71. The molecule has 0 amide bonds. The summed E-state index contributed by atoms with van der Waals surface area (Å²) in [5.74, 6) is 0.523. The van der Waals surface area contributed by atoms with Gasteiger partial charge >= 0.3 is 0 Å². The molecule has 0 aliphatic heterocycles. The summed E-state index contributed by atoms with van der Waals surface area (Å²) < 4.78 is 30.6. The molecule has 0 aliphatic rings. The third-order valence-corrected chi connectivity index (χ3v) is 7.44. The second-order valence-corrected chi connectivity index (χ2v) is 10.4. The average Bonchev–Trinajstić information content (AvgIpc) is 3.31. The SMILES string of the molecule is CCCCCn1c(-c2ccc(S(=O)(=O)NCCO)cc2)cc(=O)n2cc(-c3ccc(Cl)cc3)nc12. The predicted octanol–water partition coefficient (Wildman–Crippen LogP) is 3.94. The molecule has 184 valence electrons. The fraction of sp³-hybridized carbons (Fsp3) is 0.280. The van der Waals surface area contributed by atoms with Crippen LogP contribution in [0.15, 0.2) is 70.5 Å². The first-order valence-corrected chi connectivity index (χ1v) is 13.3. The van der Waals surface area contributed by atoms with Gasteiger partial charge in [0.05, 0.1) is 22.9 Å². The number of imidazole rings is 1. The highest BCUT2D eigenvalue weighted by molar-refractivity contribution is 7.89. The van der Waals surface area contributed by atoms with Crippen LogP contribution in [0.2, 0.25) is 5.02 Å². The Balaban J connectivity index is 1.81. The molecule has 0 bridgehead atoms. The number of hydrogen-bond donors (Lipinski definition) is 2. The van der Waals surface area contributed by atoms with E-state index < -0.39 is 10.0 Å². The minimum atomic E-state index is -3.73. The largest absolute Gasteiger partial charge is 0.395 e. The van der Waals surface area contributed by atoms with E-state index in [1.165, 1.54) is 16.5 Å². The highest BCUT2D eigenvalue weighted by Crippen LogP contribution is 2.25. The number of sulfonamides is 1. The zero-order chi connectivity index (χ0) is 25.0. The molecule has 0 fully saturated rings. The first-order chi connectivity index (χ1) is 16.8. The van der Waals surface area contributed by atoms with Crippen LogP contribution in [0, 0.1) is 0 Å². The lowest BCUT2D eigenvalue weighted by Crippen LogP contribution is -2.26. The van der Waals surface area contributed by atoms with Crippen molar-refractivity contribution in [3.63, 3.8) is 0 Å². The molecule has 2 N–H and O–H groups in total. The maximum Gasteiger partial charge on any atom is 0.259 e. The van der Waals surface area contributed by atoms with Crippen molar-refractivity contribution >= 4 is 27.4 Å². The zero-order valence-corrected chi connectivity index (χ0v) is 20.9. The molecule has 4 rings (SSSR count). The lowest BCUT2D eigenvalue weighted by atomic mass is 10.1. The second-order valence-electron chi connectivity index (χ2n) is 8.18. The van der Waals surface area contributed by atoms with Gasteiger partial charge in [-0.3, -0.25) is 9.20 Å². The molecule has 10 heteroatoms. The summed E-state index contributed by atoms with van der Waals surface area (Å²) in [6.07, 6.45) is 4.70. The van der Waals surface area contributed by atoms with Gasteiger partial charge in [-0.15, -0.1) is 0 Å². The number of unbranched alkanes of at least 4 members (excludes halogenated alkanes) is 2. The van der Waals surface area contributed by atoms with Crippen LogP contribution in [0.1, 0.15) is 26.2 Å². The quantitative estimate of drug-likeness (QED) is 0.312. The van der Waals surface area contributed by atoms with E-state index in [9.17, 15) is 13.2 Å². The summed E-state index contributed by atoms with van der Waals surface area (Å²) in [4.78, 5) is 17.9. The number of aliphatic hydroxyl groups is 1. The summed E-state index contributed by atoms with van der Waals surface area (Å²) in [5, 5.41) is 9.54. The van der Waals surface area contributed by atoms with Crippen molar-refractivity contribution in [1.29, 1.82) is 0 Å². The number of aliphatic hydroxyl groups excluding tert-OH is 1. The van der Waals surface area contributed by atoms with Gasteiger partial charge in [-0.05, 0) is 36.2 Å². The fourth-order valence-electron chi connectivity index (χ4n) is 3.90. The van der Waals surface area contributed by atoms with Gasteiger partial charge in [0, 0.05) is 35.9 Å². The molecule has 0 aliphatic carbocycles.